The van der Waals surface area contributed by atoms with Crippen LogP contribution in [0.5, 0.6) is 0 Å². The van der Waals surface area contributed by atoms with E-state index in [0.717, 1.165) is 29.5 Å². The zero-order valence-corrected chi connectivity index (χ0v) is 13.8. The van der Waals surface area contributed by atoms with Crippen molar-refractivity contribution in [2.45, 2.75) is 22.6 Å². The summed E-state index contributed by atoms with van der Waals surface area (Å²) in [6.07, 6.45) is 0.911. The van der Waals surface area contributed by atoms with Crippen LogP contribution in [0.15, 0.2) is 40.1 Å². The average Bonchev–Trinajstić information content (AvgIpc) is 2.90. The van der Waals surface area contributed by atoms with Gasteiger partial charge >= 0.3 is 5.97 Å². The van der Waals surface area contributed by atoms with Crippen molar-refractivity contribution in [3.63, 3.8) is 0 Å². The molecule has 2 N–H and O–H groups in total. The Balaban J connectivity index is 2.05. The Morgan fingerprint density at radius 2 is 1.92 bits per heavy atom. The van der Waals surface area contributed by atoms with Crippen molar-refractivity contribution >= 4 is 35.7 Å². The molecule has 0 aromatic heterocycles. The number of ketones is 1. The summed E-state index contributed by atoms with van der Waals surface area (Å²) in [4.78, 5) is 24.5. The van der Waals surface area contributed by atoms with Crippen LogP contribution in [0.2, 0.25) is 0 Å². The van der Waals surface area contributed by atoms with Gasteiger partial charge in [-0.2, -0.15) is 0 Å². The van der Waals surface area contributed by atoms with Gasteiger partial charge in [-0.05, 0) is 36.2 Å². The highest BCUT2D eigenvalue weighted by molar-refractivity contribution is 7.99. The van der Waals surface area contributed by atoms with Crippen molar-refractivity contribution in [1.29, 1.82) is 0 Å². The molecular formula is C16H11F2NO3S2. The summed E-state index contributed by atoms with van der Waals surface area (Å²) in [5, 5.41) is 5.16. The predicted octanol–water partition coefficient (Wildman–Crippen LogP) is 3.92. The molecule has 1 aliphatic carbocycles. The molecule has 2 aromatic rings. The molecular weight excluding hydrogens is 356 g/mol. The van der Waals surface area contributed by atoms with Crippen molar-refractivity contribution in [3.05, 3.63) is 58.7 Å². The van der Waals surface area contributed by atoms with E-state index in [4.69, 9.17) is 9.32 Å². The fourth-order valence-corrected chi connectivity index (χ4v) is 3.62. The van der Waals surface area contributed by atoms with Crippen LogP contribution in [-0.4, -0.2) is 11.8 Å². The van der Waals surface area contributed by atoms with E-state index in [1.807, 2.05) is 0 Å². The first-order valence-corrected chi connectivity index (χ1v) is 8.52. The lowest BCUT2D eigenvalue weighted by atomic mass is 10.1. The van der Waals surface area contributed by atoms with Gasteiger partial charge in [0.1, 0.15) is 23.9 Å². The number of hydrogen-bond acceptors (Lipinski definition) is 6. The monoisotopic (exact) mass is 367 g/mol. The van der Waals surface area contributed by atoms with E-state index >= 15 is 0 Å². The largest absolute Gasteiger partial charge is 0.371 e. The topological polar surface area (TPSA) is 69.4 Å². The van der Waals surface area contributed by atoms with E-state index in [9.17, 15) is 18.4 Å². The minimum absolute atomic E-state index is 0.0282. The molecule has 0 radical (unpaired) electrons. The van der Waals surface area contributed by atoms with Crippen LogP contribution in [0.3, 0.4) is 0 Å². The van der Waals surface area contributed by atoms with E-state index in [-0.39, 0.29) is 16.2 Å². The van der Waals surface area contributed by atoms with Gasteiger partial charge in [-0.15, -0.1) is 0 Å². The molecule has 0 atom stereocenters. The summed E-state index contributed by atoms with van der Waals surface area (Å²) < 4.78 is 31.7. The molecule has 0 aliphatic heterocycles. The van der Waals surface area contributed by atoms with Gasteiger partial charge < -0.3 is 4.18 Å². The lowest BCUT2D eigenvalue weighted by Gasteiger charge is -2.11. The second-order valence-corrected chi connectivity index (χ2v) is 6.52. The molecule has 0 unspecified atom stereocenters. The molecule has 24 heavy (non-hydrogen) atoms. The number of carbonyl (C=O) groups excluding carboxylic acids is 2. The lowest BCUT2D eigenvalue weighted by Crippen LogP contribution is -2.06. The molecule has 0 bridgehead atoms. The molecule has 3 rings (SSSR count). The number of fused-ring (bicyclic) bond motifs is 1. The zero-order valence-electron chi connectivity index (χ0n) is 12.2. The first-order chi connectivity index (χ1) is 11.5. The molecule has 0 saturated carbocycles. The standard InChI is InChI=1S/C16H11F2NO3S2/c17-9-2-4-14(12(18)6-9)23-15-7-10-8(1-3-13(10)20)5-11(15)16(21)22-24-19/h2,4-7H,1,3,19H2. The number of halogens is 2. The Hall–Kier alpha value is -1.90. The SMILES string of the molecule is NSOC(=O)c1cc2c(cc1Sc1ccc(F)cc1F)C(=O)CC2. The van der Waals surface area contributed by atoms with E-state index in [2.05, 4.69) is 0 Å². The summed E-state index contributed by atoms with van der Waals surface area (Å²) in [5.74, 6) is -2.16. The number of rotatable bonds is 4. The van der Waals surface area contributed by atoms with Gasteiger partial charge in [0.15, 0.2) is 5.78 Å². The van der Waals surface area contributed by atoms with Gasteiger partial charge in [0.05, 0.1) is 5.56 Å². The third-order valence-corrected chi connectivity index (χ3v) is 4.94. The van der Waals surface area contributed by atoms with Gasteiger partial charge in [-0.3, -0.25) is 4.79 Å². The van der Waals surface area contributed by atoms with Crippen LogP contribution in [0, 0.1) is 11.6 Å². The lowest BCUT2D eigenvalue weighted by molar-refractivity contribution is 0.0764. The maximum atomic E-state index is 13.9. The van der Waals surface area contributed by atoms with Crippen molar-refractivity contribution in [2.75, 3.05) is 0 Å². The summed E-state index contributed by atoms with van der Waals surface area (Å²) in [5.41, 5.74) is 1.45. The fraction of sp³-hybridized carbons (Fsp3) is 0.125. The Morgan fingerprint density at radius 3 is 2.62 bits per heavy atom. The van der Waals surface area contributed by atoms with Crippen molar-refractivity contribution < 1.29 is 22.6 Å². The third-order valence-electron chi connectivity index (χ3n) is 3.58. The summed E-state index contributed by atoms with van der Waals surface area (Å²) >= 11 is 1.34. The van der Waals surface area contributed by atoms with Crippen molar-refractivity contribution in [1.82, 2.24) is 0 Å². The van der Waals surface area contributed by atoms with E-state index in [1.165, 1.54) is 6.07 Å². The summed E-state index contributed by atoms with van der Waals surface area (Å²) in [7, 11) is 0. The van der Waals surface area contributed by atoms with E-state index in [1.54, 1.807) is 12.1 Å². The maximum Gasteiger partial charge on any atom is 0.352 e. The number of aryl methyl sites for hydroxylation is 1. The Morgan fingerprint density at radius 1 is 1.12 bits per heavy atom. The molecule has 124 valence electrons. The van der Waals surface area contributed by atoms with Gasteiger partial charge in [-0.1, -0.05) is 11.8 Å². The summed E-state index contributed by atoms with van der Waals surface area (Å²) in [6, 6.07) is 6.28. The van der Waals surface area contributed by atoms with Crippen LogP contribution in [0.25, 0.3) is 0 Å². The molecule has 8 heteroatoms. The minimum atomic E-state index is -0.751. The van der Waals surface area contributed by atoms with Gasteiger partial charge in [0.25, 0.3) is 0 Å². The zero-order chi connectivity index (χ0) is 17.3. The smallest absolute Gasteiger partial charge is 0.352 e. The van der Waals surface area contributed by atoms with Gasteiger partial charge in [0.2, 0.25) is 0 Å². The maximum absolute atomic E-state index is 13.9. The molecule has 0 saturated heterocycles. The quantitative estimate of drug-likeness (QED) is 0.652. The first-order valence-electron chi connectivity index (χ1n) is 6.90. The second kappa shape index (κ2) is 6.92. The highest BCUT2D eigenvalue weighted by Gasteiger charge is 2.25. The Bertz CT molecular complexity index is 842. The Labute approximate surface area is 145 Å². The van der Waals surface area contributed by atoms with Crippen LogP contribution >= 0.6 is 24.0 Å². The number of hydrogen-bond donors (Lipinski definition) is 1. The average molecular weight is 367 g/mol. The van der Waals surface area contributed by atoms with Crippen LogP contribution in [0.4, 0.5) is 8.78 Å². The van der Waals surface area contributed by atoms with Gasteiger partial charge in [0, 0.05) is 27.8 Å². The highest BCUT2D eigenvalue weighted by Crippen LogP contribution is 2.37. The van der Waals surface area contributed by atoms with E-state index < -0.39 is 17.6 Å². The summed E-state index contributed by atoms with van der Waals surface area (Å²) in [6.45, 7) is 0. The fourth-order valence-electron chi connectivity index (χ4n) is 2.48. The van der Waals surface area contributed by atoms with Crippen LogP contribution < -0.4 is 5.14 Å². The number of benzene rings is 2. The number of carbonyl (C=O) groups is 2. The normalized spacial score (nSPS) is 13.0. The predicted molar refractivity (Wildman–Crippen MR) is 86.8 cm³/mol. The Kier molecular flexibility index (Phi) is 4.88. The number of Topliss-reactive ketones (excluding diaryl/α,β-unsaturated/α-hetero) is 1. The van der Waals surface area contributed by atoms with Crippen LogP contribution in [0.1, 0.15) is 32.7 Å². The van der Waals surface area contributed by atoms with Crippen molar-refractivity contribution in [2.24, 2.45) is 5.14 Å². The molecule has 0 fully saturated rings. The molecule has 0 amide bonds. The molecule has 1 aliphatic rings. The van der Waals surface area contributed by atoms with Crippen molar-refractivity contribution in [3.8, 4) is 0 Å². The highest BCUT2D eigenvalue weighted by atomic mass is 32.2. The second-order valence-electron chi connectivity index (χ2n) is 5.07. The molecule has 4 nitrogen and oxygen atoms in total. The molecule has 0 heterocycles. The third kappa shape index (κ3) is 3.31. The molecule has 0 spiro atoms. The number of nitrogens with two attached hydrogens (primary N) is 1. The molecule has 2 aromatic carbocycles. The van der Waals surface area contributed by atoms with Gasteiger partial charge in [-0.25, -0.2) is 18.7 Å². The minimum Gasteiger partial charge on any atom is -0.371 e. The first kappa shape index (κ1) is 16.9. The van der Waals surface area contributed by atoms with Crippen LogP contribution in [-0.2, 0) is 10.6 Å². The van der Waals surface area contributed by atoms with E-state index in [0.29, 0.717) is 35.5 Å².